The number of nitrogens with zero attached hydrogens (tertiary/aromatic N) is 5. The average molecular weight is 410 g/mol. The normalized spacial score (nSPS) is 18.9. The molecule has 1 atom stereocenters. The molecule has 1 fully saturated rings. The van der Waals surface area contributed by atoms with Gasteiger partial charge in [0, 0.05) is 31.4 Å². The summed E-state index contributed by atoms with van der Waals surface area (Å²) in [4.78, 5) is 30.7. The molecule has 150 valence electrons. The molecule has 3 aromatic rings. The van der Waals surface area contributed by atoms with Gasteiger partial charge in [-0.1, -0.05) is 6.07 Å². The molecule has 1 aliphatic carbocycles. The molecule has 2 amide bonds. The van der Waals surface area contributed by atoms with E-state index in [1.807, 2.05) is 11.0 Å². The van der Waals surface area contributed by atoms with Crippen molar-refractivity contribution in [3.8, 4) is 0 Å². The highest BCUT2D eigenvalue weighted by atomic mass is 32.1. The molecule has 1 saturated heterocycles. The molecule has 0 saturated carbocycles. The van der Waals surface area contributed by atoms with Crippen molar-refractivity contribution in [3.63, 3.8) is 0 Å². The van der Waals surface area contributed by atoms with E-state index in [1.165, 1.54) is 28.9 Å². The second-order valence-electron chi connectivity index (χ2n) is 7.67. The van der Waals surface area contributed by atoms with Crippen LogP contribution in [0.15, 0.2) is 23.7 Å². The predicted octanol–water partition coefficient (Wildman–Crippen LogP) is 2.90. The van der Waals surface area contributed by atoms with Gasteiger partial charge in [-0.3, -0.25) is 0 Å². The molecule has 3 N–H and O–H groups in total. The summed E-state index contributed by atoms with van der Waals surface area (Å²) < 4.78 is 0. The highest BCUT2D eigenvalue weighted by Crippen LogP contribution is 2.29. The van der Waals surface area contributed by atoms with E-state index in [9.17, 15) is 4.79 Å². The number of aryl methyl sites for hydroxylation is 2. The van der Waals surface area contributed by atoms with E-state index in [2.05, 4.69) is 44.2 Å². The minimum absolute atomic E-state index is 0.0598. The topological polar surface area (TPSA) is 100 Å². The van der Waals surface area contributed by atoms with Crippen molar-refractivity contribution in [2.75, 3.05) is 35.6 Å². The summed E-state index contributed by atoms with van der Waals surface area (Å²) in [6.45, 7) is 3.97. The zero-order chi connectivity index (χ0) is 20.0. The minimum atomic E-state index is -0.0598. The Balaban J connectivity index is 1.29. The van der Waals surface area contributed by atoms with Crippen LogP contribution < -0.4 is 16.0 Å². The number of anilines is 3. The number of rotatable bonds is 2. The maximum absolute atomic E-state index is 12.8. The van der Waals surface area contributed by atoms with Crippen LogP contribution in [0.2, 0.25) is 0 Å². The molecule has 1 aliphatic heterocycles. The van der Waals surface area contributed by atoms with Gasteiger partial charge in [-0.05, 0) is 49.4 Å². The molecule has 3 heterocycles. The molecule has 2 aromatic heterocycles. The van der Waals surface area contributed by atoms with Crippen LogP contribution in [0.4, 0.5) is 22.2 Å². The highest BCUT2D eigenvalue weighted by molar-refractivity contribution is 7.16. The summed E-state index contributed by atoms with van der Waals surface area (Å²) in [5, 5.41) is 3.06. The van der Waals surface area contributed by atoms with Crippen LogP contribution >= 0.6 is 11.3 Å². The van der Waals surface area contributed by atoms with Crippen molar-refractivity contribution < 1.29 is 4.79 Å². The van der Waals surface area contributed by atoms with Gasteiger partial charge in [0.05, 0.1) is 5.51 Å². The number of urea groups is 1. The average Bonchev–Trinajstić information content (AvgIpc) is 3.36. The van der Waals surface area contributed by atoms with E-state index in [1.54, 1.807) is 5.51 Å². The summed E-state index contributed by atoms with van der Waals surface area (Å²) in [5.41, 5.74) is 12.1. The summed E-state index contributed by atoms with van der Waals surface area (Å²) in [7, 11) is 0. The van der Waals surface area contributed by atoms with Crippen LogP contribution in [0.25, 0.3) is 10.3 Å². The van der Waals surface area contributed by atoms with Crippen LogP contribution in [0.1, 0.15) is 24.5 Å². The van der Waals surface area contributed by atoms with Gasteiger partial charge in [-0.25, -0.2) is 14.8 Å². The summed E-state index contributed by atoms with van der Waals surface area (Å²) >= 11 is 1.45. The van der Waals surface area contributed by atoms with Crippen molar-refractivity contribution in [2.45, 2.75) is 32.2 Å². The van der Waals surface area contributed by atoms with Gasteiger partial charge in [0.2, 0.25) is 5.95 Å². The van der Waals surface area contributed by atoms with E-state index in [-0.39, 0.29) is 18.0 Å². The van der Waals surface area contributed by atoms with Gasteiger partial charge in [0.25, 0.3) is 0 Å². The SMILES string of the molecule is C[C@H]1CN(C(=O)Nc2ccc3c(c2)CCC3)CCN1c1nc(N)nc2scnc12. The van der Waals surface area contributed by atoms with Gasteiger partial charge < -0.3 is 20.9 Å². The largest absolute Gasteiger partial charge is 0.368 e. The Bertz CT molecular complexity index is 1080. The molecule has 0 spiro atoms. The van der Waals surface area contributed by atoms with Crippen molar-refractivity contribution in [1.29, 1.82) is 0 Å². The molecular formula is C20H23N7OS. The summed E-state index contributed by atoms with van der Waals surface area (Å²) in [5.74, 6) is 1.00. The number of fused-ring (bicyclic) bond motifs is 2. The fourth-order valence-corrected chi connectivity index (χ4v) is 4.93. The van der Waals surface area contributed by atoms with E-state index in [4.69, 9.17) is 5.73 Å². The number of hydrogen-bond donors (Lipinski definition) is 2. The fraction of sp³-hybridized carbons (Fsp3) is 0.400. The maximum atomic E-state index is 12.8. The van der Waals surface area contributed by atoms with Crippen LogP contribution in [0.3, 0.4) is 0 Å². The van der Waals surface area contributed by atoms with Crippen molar-refractivity contribution in [2.24, 2.45) is 0 Å². The van der Waals surface area contributed by atoms with Crippen LogP contribution in [0, 0.1) is 0 Å². The Kier molecular flexibility index (Phi) is 4.46. The molecule has 0 radical (unpaired) electrons. The van der Waals surface area contributed by atoms with E-state index in [0.29, 0.717) is 19.6 Å². The molecular weight excluding hydrogens is 386 g/mol. The molecule has 2 aliphatic rings. The van der Waals surface area contributed by atoms with Gasteiger partial charge in [-0.15, -0.1) is 11.3 Å². The number of carbonyl (C=O) groups excluding carboxylic acids is 1. The van der Waals surface area contributed by atoms with Crippen molar-refractivity contribution in [3.05, 3.63) is 34.8 Å². The van der Waals surface area contributed by atoms with E-state index in [0.717, 1.165) is 34.7 Å². The molecule has 0 unspecified atom stereocenters. The number of nitrogens with one attached hydrogen (secondary N) is 1. The van der Waals surface area contributed by atoms with Gasteiger partial charge >= 0.3 is 6.03 Å². The Labute approximate surface area is 172 Å². The second kappa shape index (κ2) is 7.14. The first kappa shape index (κ1) is 18.1. The van der Waals surface area contributed by atoms with Gasteiger partial charge in [-0.2, -0.15) is 4.98 Å². The van der Waals surface area contributed by atoms with Crippen LogP contribution in [-0.2, 0) is 12.8 Å². The molecule has 5 rings (SSSR count). The van der Waals surface area contributed by atoms with Gasteiger partial charge in [0.1, 0.15) is 5.52 Å². The standard InChI is InChI=1S/C20H23N7OS/c1-12-10-26(20(28)23-15-6-5-13-3-2-4-14(13)9-15)7-8-27(12)17-16-18(29-11-22-16)25-19(21)24-17/h5-6,9,11-12H,2-4,7-8,10H2,1H3,(H,23,28)(H2,21,24,25)/t12-/m0/s1. The first-order valence-electron chi connectivity index (χ1n) is 9.89. The first-order valence-corrected chi connectivity index (χ1v) is 10.8. The number of amides is 2. The maximum Gasteiger partial charge on any atom is 0.321 e. The van der Waals surface area contributed by atoms with Gasteiger partial charge in [0.15, 0.2) is 10.6 Å². The van der Waals surface area contributed by atoms with E-state index >= 15 is 0 Å². The Morgan fingerprint density at radius 3 is 2.97 bits per heavy atom. The number of carbonyl (C=O) groups is 1. The smallest absolute Gasteiger partial charge is 0.321 e. The Morgan fingerprint density at radius 1 is 1.24 bits per heavy atom. The first-order chi connectivity index (χ1) is 14.1. The third kappa shape index (κ3) is 3.35. The lowest BCUT2D eigenvalue weighted by Gasteiger charge is -2.40. The third-order valence-electron chi connectivity index (χ3n) is 5.73. The zero-order valence-corrected chi connectivity index (χ0v) is 17.1. The number of piperazine rings is 1. The number of thiazole rings is 1. The second-order valence-corrected chi connectivity index (χ2v) is 8.50. The molecule has 0 bridgehead atoms. The van der Waals surface area contributed by atoms with Crippen LogP contribution in [0.5, 0.6) is 0 Å². The molecule has 1 aromatic carbocycles. The fourth-order valence-electron chi connectivity index (χ4n) is 4.27. The number of benzene rings is 1. The molecule has 9 heteroatoms. The van der Waals surface area contributed by atoms with Crippen LogP contribution in [-0.4, -0.2) is 51.6 Å². The summed E-state index contributed by atoms with van der Waals surface area (Å²) in [6, 6.07) is 6.29. The molecule has 8 nitrogen and oxygen atoms in total. The quantitative estimate of drug-likeness (QED) is 0.675. The molecule has 29 heavy (non-hydrogen) atoms. The number of aromatic nitrogens is 3. The lowest BCUT2D eigenvalue weighted by Crippen LogP contribution is -2.55. The lowest BCUT2D eigenvalue weighted by atomic mass is 10.1. The monoisotopic (exact) mass is 409 g/mol. The van der Waals surface area contributed by atoms with Crippen molar-refractivity contribution >= 4 is 45.2 Å². The number of hydrogen-bond acceptors (Lipinski definition) is 7. The van der Waals surface area contributed by atoms with Crippen molar-refractivity contribution in [1.82, 2.24) is 19.9 Å². The third-order valence-corrected chi connectivity index (χ3v) is 6.45. The Hall–Kier alpha value is -2.94. The number of nitrogens with two attached hydrogens (primary N) is 1. The van der Waals surface area contributed by atoms with E-state index < -0.39 is 0 Å². The number of nitrogen functional groups attached to an aromatic ring is 1. The summed E-state index contributed by atoms with van der Waals surface area (Å²) in [6.07, 6.45) is 3.44. The minimum Gasteiger partial charge on any atom is -0.368 e. The Morgan fingerprint density at radius 2 is 2.10 bits per heavy atom. The predicted molar refractivity (Wildman–Crippen MR) is 115 cm³/mol. The zero-order valence-electron chi connectivity index (χ0n) is 16.3. The lowest BCUT2D eigenvalue weighted by molar-refractivity contribution is 0.200. The highest BCUT2D eigenvalue weighted by Gasteiger charge is 2.29.